The Bertz CT molecular complexity index is 404. The van der Waals surface area contributed by atoms with Gasteiger partial charge < -0.3 is 16.0 Å². The highest BCUT2D eigenvalue weighted by molar-refractivity contribution is 5.94. The summed E-state index contributed by atoms with van der Waals surface area (Å²) in [6, 6.07) is 1.74. The summed E-state index contributed by atoms with van der Waals surface area (Å²) >= 11 is 0. The summed E-state index contributed by atoms with van der Waals surface area (Å²) in [7, 11) is 3.84. The van der Waals surface area contributed by atoms with E-state index in [0.717, 1.165) is 5.69 Å². The molecule has 1 heterocycles. The van der Waals surface area contributed by atoms with Crippen molar-refractivity contribution in [3.8, 4) is 0 Å². The summed E-state index contributed by atoms with van der Waals surface area (Å²) in [5.74, 6) is 0.213. The van der Waals surface area contributed by atoms with Gasteiger partial charge in [0.15, 0.2) is 0 Å². The lowest BCUT2D eigenvalue weighted by Gasteiger charge is -2.19. The van der Waals surface area contributed by atoms with E-state index in [4.69, 9.17) is 5.73 Å². The van der Waals surface area contributed by atoms with Crippen molar-refractivity contribution in [2.45, 2.75) is 26.3 Å². The fourth-order valence-electron chi connectivity index (χ4n) is 1.52. The second-order valence-corrected chi connectivity index (χ2v) is 4.95. The predicted molar refractivity (Wildman–Crippen MR) is 74.6 cm³/mol. The molecule has 0 fully saturated rings. The van der Waals surface area contributed by atoms with Crippen LogP contribution in [0.2, 0.25) is 0 Å². The minimum Gasteiger partial charge on any atom is -0.376 e. The molecule has 0 bridgehead atoms. The van der Waals surface area contributed by atoms with Crippen molar-refractivity contribution in [3.63, 3.8) is 0 Å². The lowest BCUT2D eigenvalue weighted by molar-refractivity contribution is -0.116. The highest BCUT2D eigenvalue weighted by Crippen LogP contribution is 2.22. The van der Waals surface area contributed by atoms with E-state index in [1.165, 1.54) is 0 Å². The van der Waals surface area contributed by atoms with E-state index in [0.29, 0.717) is 12.1 Å². The Balaban J connectivity index is 2.70. The van der Waals surface area contributed by atoms with Crippen molar-refractivity contribution in [3.05, 3.63) is 18.5 Å². The molecule has 0 spiro atoms. The fourth-order valence-corrected chi connectivity index (χ4v) is 1.52. The van der Waals surface area contributed by atoms with E-state index >= 15 is 0 Å². The molecule has 0 aromatic carbocycles. The fraction of sp³-hybridized carbons (Fsp3) is 0.538. The first-order chi connectivity index (χ1) is 8.41. The highest BCUT2D eigenvalue weighted by atomic mass is 16.1. The van der Waals surface area contributed by atoms with Crippen LogP contribution >= 0.6 is 0 Å². The van der Waals surface area contributed by atoms with E-state index in [2.05, 4.69) is 10.3 Å². The molecule has 5 nitrogen and oxygen atoms in total. The monoisotopic (exact) mass is 250 g/mol. The minimum atomic E-state index is -0.121. The maximum Gasteiger partial charge on any atom is 0.226 e. The quantitative estimate of drug-likeness (QED) is 0.830. The second kappa shape index (κ2) is 6.35. The van der Waals surface area contributed by atoms with E-state index in [1.807, 2.05) is 38.9 Å². The Kier molecular flexibility index (Phi) is 5.09. The molecule has 0 aliphatic rings. The summed E-state index contributed by atoms with van der Waals surface area (Å²) in [4.78, 5) is 17.8. The molecule has 0 saturated heterocycles. The summed E-state index contributed by atoms with van der Waals surface area (Å²) < 4.78 is 0. The molecular formula is C13H22N4O. The molecule has 1 aromatic heterocycles. The van der Waals surface area contributed by atoms with Gasteiger partial charge in [-0.1, -0.05) is 13.8 Å². The van der Waals surface area contributed by atoms with E-state index in [1.54, 1.807) is 12.4 Å². The predicted octanol–water partition coefficient (Wildman–Crippen LogP) is 1.46. The number of carbonyl (C=O) groups excluding carboxylic acids is 1. The van der Waals surface area contributed by atoms with E-state index in [9.17, 15) is 4.79 Å². The first kappa shape index (κ1) is 14.4. The van der Waals surface area contributed by atoms with E-state index < -0.39 is 0 Å². The third-order valence-electron chi connectivity index (χ3n) is 2.83. The molecule has 0 radical (unpaired) electrons. The van der Waals surface area contributed by atoms with Gasteiger partial charge in [0, 0.05) is 32.8 Å². The minimum absolute atomic E-state index is 0.0766. The average molecular weight is 250 g/mol. The van der Waals surface area contributed by atoms with Gasteiger partial charge in [0.05, 0.1) is 17.6 Å². The molecule has 5 heteroatoms. The van der Waals surface area contributed by atoms with Crippen LogP contribution in [0.1, 0.15) is 20.3 Å². The Morgan fingerprint density at radius 3 is 2.72 bits per heavy atom. The van der Waals surface area contributed by atoms with Gasteiger partial charge in [0.25, 0.3) is 0 Å². The second-order valence-electron chi connectivity index (χ2n) is 4.95. The Morgan fingerprint density at radius 1 is 1.50 bits per heavy atom. The zero-order valence-corrected chi connectivity index (χ0v) is 11.5. The number of carbonyl (C=O) groups is 1. The molecule has 0 aliphatic carbocycles. The number of hydrogen-bond acceptors (Lipinski definition) is 4. The van der Waals surface area contributed by atoms with Gasteiger partial charge in [0.1, 0.15) is 0 Å². The third-order valence-corrected chi connectivity index (χ3v) is 2.83. The van der Waals surface area contributed by atoms with Crippen LogP contribution in [0.3, 0.4) is 0 Å². The molecule has 100 valence electrons. The summed E-state index contributed by atoms with van der Waals surface area (Å²) in [5, 5.41) is 2.85. The van der Waals surface area contributed by atoms with E-state index in [-0.39, 0.29) is 17.9 Å². The van der Waals surface area contributed by atoms with Crippen molar-refractivity contribution in [2.24, 2.45) is 11.7 Å². The molecule has 1 aromatic rings. The number of anilines is 2. The Hall–Kier alpha value is -1.62. The van der Waals surface area contributed by atoms with Crippen LogP contribution in [-0.4, -0.2) is 31.0 Å². The molecule has 1 atom stereocenters. The maximum absolute atomic E-state index is 11.9. The molecular weight excluding hydrogens is 228 g/mol. The number of nitrogens with one attached hydrogen (secondary N) is 1. The maximum atomic E-state index is 11.9. The zero-order chi connectivity index (χ0) is 13.7. The van der Waals surface area contributed by atoms with Crippen LogP contribution < -0.4 is 16.0 Å². The number of rotatable bonds is 5. The number of nitrogens with zero attached hydrogens (tertiary/aromatic N) is 2. The molecule has 1 amide bonds. The van der Waals surface area contributed by atoms with Gasteiger partial charge in [-0.3, -0.25) is 9.78 Å². The molecule has 1 rings (SSSR count). The summed E-state index contributed by atoms with van der Waals surface area (Å²) in [6.07, 6.45) is 3.67. The number of pyridine rings is 1. The van der Waals surface area contributed by atoms with Crippen molar-refractivity contribution in [1.82, 2.24) is 4.98 Å². The van der Waals surface area contributed by atoms with Crippen molar-refractivity contribution >= 4 is 17.3 Å². The average Bonchev–Trinajstić information content (AvgIpc) is 2.28. The van der Waals surface area contributed by atoms with Gasteiger partial charge in [-0.15, -0.1) is 0 Å². The van der Waals surface area contributed by atoms with Crippen LogP contribution in [0, 0.1) is 5.92 Å². The Labute approximate surface area is 108 Å². The lowest BCUT2D eigenvalue weighted by Crippen LogP contribution is -2.31. The van der Waals surface area contributed by atoms with Gasteiger partial charge >= 0.3 is 0 Å². The van der Waals surface area contributed by atoms with Crippen molar-refractivity contribution in [2.75, 3.05) is 24.3 Å². The first-order valence-electron chi connectivity index (χ1n) is 6.08. The van der Waals surface area contributed by atoms with Crippen LogP contribution in [0.4, 0.5) is 11.4 Å². The highest BCUT2D eigenvalue weighted by Gasteiger charge is 2.14. The van der Waals surface area contributed by atoms with Crippen LogP contribution in [0.5, 0.6) is 0 Å². The normalized spacial score (nSPS) is 12.3. The molecule has 3 N–H and O–H groups in total. The standard InChI is InChI=1S/C13H22N4O/c1-9(2)10(14)7-13(18)16-11-8-15-6-5-12(11)17(3)4/h5-6,8-10H,7,14H2,1-4H3,(H,16,18). The number of amides is 1. The smallest absolute Gasteiger partial charge is 0.226 e. The van der Waals surface area contributed by atoms with Gasteiger partial charge in [-0.05, 0) is 12.0 Å². The lowest BCUT2D eigenvalue weighted by atomic mass is 10.0. The van der Waals surface area contributed by atoms with Crippen LogP contribution in [-0.2, 0) is 4.79 Å². The zero-order valence-electron chi connectivity index (χ0n) is 11.5. The number of aromatic nitrogens is 1. The largest absolute Gasteiger partial charge is 0.376 e. The van der Waals surface area contributed by atoms with Crippen molar-refractivity contribution < 1.29 is 4.79 Å². The molecule has 0 saturated carbocycles. The number of nitrogens with two attached hydrogens (primary N) is 1. The Morgan fingerprint density at radius 2 is 2.17 bits per heavy atom. The summed E-state index contributed by atoms with van der Waals surface area (Å²) in [6.45, 7) is 4.01. The molecule has 0 aliphatic heterocycles. The first-order valence-corrected chi connectivity index (χ1v) is 6.08. The van der Waals surface area contributed by atoms with Crippen LogP contribution in [0.15, 0.2) is 18.5 Å². The number of hydrogen-bond donors (Lipinski definition) is 2. The molecule has 1 unspecified atom stereocenters. The summed E-state index contributed by atoms with van der Waals surface area (Å²) in [5.41, 5.74) is 7.52. The third kappa shape index (κ3) is 4.00. The van der Waals surface area contributed by atoms with Gasteiger partial charge in [0.2, 0.25) is 5.91 Å². The SMILES string of the molecule is CC(C)C(N)CC(=O)Nc1cnccc1N(C)C. The van der Waals surface area contributed by atoms with Crippen LogP contribution in [0.25, 0.3) is 0 Å². The van der Waals surface area contributed by atoms with Gasteiger partial charge in [-0.2, -0.15) is 0 Å². The van der Waals surface area contributed by atoms with Gasteiger partial charge in [-0.25, -0.2) is 0 Å². The van der Waals surface area contributed by atoms with Crippen molar-refractivity contribution in [1.29, 1.82) is 0 Å². The molecule has 18 heavy (non-hydrogen) atoms. The topological polar surface area (TPSA) is 71.2 Å².